The molecular weight excluding hydrogens is 208 g/mol. The number of hydrogen-bond donors (Lipinski definition) is 0. The lowest BCUT2D eigenvalue weighted by Gasteiger charge is -2.13. The van der Waals surface area contributed by atoms with Crippen molar-refractivity contribution in [1.82, 2.24) is 9.55 Å². The van der Waals surface area contributed by atoms with Gasteiger partial charge in [-0.3, -0.25) is 0 Å². The third-order valence-electron chi connectivity index (χ3n) is 2.78. The van der Waals surface area contributed by atoms with E-state index < -0.39 is 0 Å². The molecule has 0 saturated carbocycles. The van der Waals surface area contributed by atoms with E-state index in [1.807, 2.05) is 12.1 Å². The number of hydrogen-bond acceptors (Lipinski definition) is 1. The molecule has 0 aromatic carbocycles. The Morgan fingerprint density at radius 2 is 2.27 bits per heavy atom. The minimum absolute atomic E-state index is 0.519. The van der Waals surface area contributed by atoms with Gasteiger partial charge < -0.3 is 4.57 Å². The highest BCUT2D eigenvalue weighted by Crippen LogP contribution is 2.26. The third kappa shape index (κ3) is 1.86. The van der Waals surface area contributed by atoms with Gasteiger partial charge in [-0.1, -0.05) is 24.9 Å². The molecule has 2 nitrogen and oxygen atoms in total. The Balaban J connectivity index is 2.49. The quantitative estimate of drug-likeness (QED) is 0.717. The Labute approximate surface area is 94.9 Å². The summed E-state index contributed by atoms with van der Waals surface area (Å²) in [4.78, 5) is 4.08. The fourth-order valence-corrected chi connectivity index (χ4v) is 2.21. The van der Waals surface area contributed by atoms with E-state index in [9.17, 15) is 0 Å². The number of halogens is 1. The second kappa shape index (κ2) is 4.23. The first kappa shape index (κ1) is 10.5. The number of aromatic nitrogens is 2. The highest BCUT2D eigenvalue weighted by atomic mass is 35.5. The molecule has 0 bridgehead atoms. The van der Waals surface area contributed by atoms with E-state index >= 15 is 0 Å². The van der Waals surface area contributed by atoms with Crippen molar-refractivity contribution in [2.24, 2.45) is 0 Å². The van der Waals surface area contributed by atoms with E-state index in [1.165, 1.54) is 18.4 Å². The molecule has 0 N–H and O–H groups in total. The van der Waals surface area contributed by atoms with Gasteiger partial charge in [0.15, 0.2) is 0 Å². The molecule has 0 radical (unpaired) electrons. The largest absolute Gasteiger partial charge is 0.345 e. The Morgan fingerprint density at radius 3 is 3.00 bits per heavy atom. The molecule has 15 heavy (non-hydrogen) atoms. The molecule has 0 saturated heterocycles. The number of nitrogens with zero attached hydrogens (tertiary/aromatic N) is 2. The van der Waals surface area contributed by atoms with Gasteiger partial charge in [0, 0.05) is 23.8 Å². The molecule has 1 unspecified atom stereocenters. The van der Waals surface area contributed by atoms with Crippen LogP contribution in [0.4, 0.5) is 0 Å². The van der Waals surface area contributed by atoms with Gasteiger partial charge in [0.2, 0.25) is 0 Å². The van der Waals surface area contributed by atoms with Gasteiger partial charge in [-0.2, -0.15) is 0 Å². The summed E-state index contributed by atoms with van der Waals surface area (Å²) in [7, 11) is 0. The minimum Gasteiger partial charge on any atom is -0.345 e. The van der Waals surface area contributed by atoms with E-state index in [2.05, 4.69) is 29.6 Å². The second-order valence-electron chi connectivity index (χ2n) is 3.90. The van der Waals surface area contributed by atoms with Gasteiger partial charge in [0.25, 0.3) is 0 Å². The lowest BCUT2D eigenvalue weighted by Crippen LogP contribution is -2.02. The molecule has 2 rings (SSSR count). The fraction of sp³-hybridized carbons (Fsp3) is 0.417. The fourth-order valence-electron chi connectivity index (χ4n) is 1.99. The van der Waals surface area contributed by atoms with E-state index in [-0.39, 0.29) is 0 Å². The molecule has 0 aliphatic heterocycles. The zero-order chi connectivity index (χ0) is 10.8. The van der Waals surface area contributed by atoms with E-state index in [1.54, 1.807) is 6.20 Å². The highest BCUT2D eigenvalue weighted by Gasteiger charge is 2.09. The molecule has 0 fully saturated rings. The molecule has 0 aliphatic carbocycles. The second-order valence-corrected chi connectivity index (χ2v) is 4.25. The first-order valence-corrected chi connectivity index (χ1v) is 5.73. The number of rotatable bonds is 3. The van der Waals surface area contributed by atoms with Crippen molar-refractivity contribution in [3.8, 4) is 0 Å². The van der Waals surface area contributed by atoms with E-state index in [4.69, 9.17) is 11.6 Å². The predicted molar refractivity (Wildman–Crippen MR) is 64.4 cm³/mol. The van der Waals surface area contributed by atoms with Crippen LogP contribution in [0.25, 0.3) is 10.9 Å². The zero-order valence-electron chi connectivity index (χ0n) is 9.07. The van der Waals surface area contributed by atoms with Crippen LogP contribution in [0, 0.1) is 0 Å². The smallest absolute Gasteiger partial charge is 0.138 e. The monoisotopic (exact) mass is 222 g/mol. The third-order valence-corrected chi connectivity index (χ3v) is 3.08. The van der Waals surface area contributed by atoms with Gasteiger partial charge in [-0.25, -0.2) is 4.98 Å². The predicted octanol–water partition coefficient (Wildman–Crippen LogP) is 4.05. The van der Waals surface area contributed by atoms with E-state index in [0.717, 1.165) is 5.39 Å². The Bertz CT molecular complexity index is 462. The van der Waals surface area contributed by atoms with Crippen LogP contribution in [0.15, 0.2) is 24.5 Å². The summed E-state index contributed by atoms with van der Waals surface area (Å²) < 4.78 is 2.27. The lowest BCUT2D eigenvalue weighted by molar-refractivity contribution is 0.515. The van der Waals surface area contributed by atoms with Crippen LogP contribution < -0.4 is 0 Å². The zero-order valence-corrected chi connectivity index (χ0v) is 9.83. The minimum atomic E-state index is 0.519. The van der Waals surface area contributed by atoms with Crippen LogP contribution >= 0.6 is 11.6 Å². The standard InChI is InChI=1S/C12H15ClN2/c1-3-4-9(2)15-8-6-10-11(15)5-7-14-12(10)13/h5-9H,3-4H2,1-2H3. The van der Waals surface area contributed by atoms with E-state index in [0.29, 0.717) is 11.2 Å². The molecule has 2 aromatic rings. The van der Waals surface area contributed by atoms with Crippen LogP contribution in [-0.4, -0.2) is 9.55 Å². The molecule has 80 valence electrons. The van der Waals surface area contributed by atoms with Crippen molar-refractivity contribution in [3.05, 3.63) is 29.7 Å². The highest BCUT2D eigenvalue weighted by molar-refractivity contribution is 6.34. The summed E-state index contributed by atoms with van der Waals surface area (Å²) in [5.41, 5.74) is 1.18. The molecule has 1 atom stereocenters. The van der Waals surface area contributed by atoms with Crippen LogP contribution in [0.5, 0.6) is 0 Å². The van der Waals surface area contributed by atoms with Crippen molar-refractivity contribution in [1.29, 1.82) is 0 Å². The maximum absolute atomic E-state index is 6.03. The Kier molecular flexibility index (Phi) is 2.96. The van der Waals surface area contributed by atoms with Crippen LogP contribution in [0.3, 0.4) is 0 Å². The molecule has 2 heterocycles. The molecule has 0 aliphatic rings. The maximum Gasteiger partial charge on any atom is 0.138 e. The molecule has 2 aromatic heterocycles. The summed E-state index contributed by atoms with van der Waals surface area (Å²) in [5, 5.41) is 1.64. The number of pyridine rings is 1. The van der Waals surface area contributed by atoms with Gasteiger partial charge in [0.05, 0.1) is 5.52 Å². The first-order valence-electron chi connectivity index (χ1n) is 5.35. The van der Waals surface area contributed by atoms with Crippen LogP contribution in [0.2, 0.25) is 5.15 Å². The van der Waals surface area contributed by atoms with Gasteiger partial charge >= 0.3 is 0 Å². The van der Waals surface area contributed by atoms with Crippen molar-refractivity contribution >= 4 is 22.5 Å². The van der Waals surface area contributed by atoms with Crippen molar-refractivity contribution < 1.29 is 0 Å². The normalized spacial score (nSPS) is 13.3. The first-order chi connectivity index (χ1) is 7.24. The Morgan fingerprint density at radius 1 is 1.47 bits per heavy atom. The molecule has 0 amide bonds. The topological polar surface area (TPSA) is 17.8 Å². The molecule has 0 spiro atoms. The van der Waals surface area contributed by atoms with Gasteiger partial charge in [-0.15, -0.1) is 0 Å². The number of fused-ring (bicyclic) bond motifs is 1. The summed E-state index contributed by atoms with van der Waals surface area (Å²) in [6.07, 6.45) is 6.24. The van der Waals surface area contributed by atoms with Crippen LogP contribution in [-0.2, 0) is 0 Å². The molecule has 3 heteroatoms. The van der Waals surface area contributed by atoms with Crippen LogP contribution in [0.1, 0.15) is 32.7 Å². The van der Waals surface area contributed by atoms with Gasteiger partial charge in [-0.05, 0) is 25.5 Å². The van der Waals surface area contributed by atoms with Gasteiger partial charge in [0.1, 0.15) is 5.15 Å². The summed E-state index contributed by atoms with van der Waals surface area (Å²) in [6.45, 7) is 4.44. The summed E-state index contributed by atoms with van der Waals surface area (Å²) in [5.74, 6) is 0. The lowest BCUT2D eigenvalue weighted by atomic mass is 10.2. The van der Waals surface area contributed by atoms with Crippen molar-refractivity contribution in [3.63, 3.8) is 0 Å². The maximum atomic E-state index is 6.03. The molecular formula is C12H15ClN2. The summed E-state index contributed by atoms with van der Waals surface area (Å²) in [6, 6.07) is 4.58. The summed E-state index contributed by atoms with van der Waals surface area (Å²) >= 11 is 6.03. The SMILES string of the molecule is CCCC(C)n1ccc2c(Cl)nccc21. The Hall–Kier alpha value is -1.02. The van der Waals surface area contributed by atoms with Crippen molar-refractivity contribution in [2.75, 3.05) is 0 Å². The average molecular weight is 223 g/mol. The average Bonchev–Trinajstić information content (AvgIpc) is 2.63. The van der Waals surface area contributed by atoms with Crippen molar-refractivity contribution in [2.45, 2.75) is 32.7 Å².